The van der Waals surface area contributed by atoms with Crippen molar-refractivity contribution in [3.63, 3.8) is 0 Å². The van der Waals surface area contributed by atoms with Crippen molar-refractivity contribution in [3.05, 3.63) is 119 Å². The van der Waals surface area contributed by atoms with Crippen LogP contribution in [0.5, 0.6) is 0 Å². The third kappa shape index (κ3) is 4.61. The number of amidine groups is 1. The molecule has 3 amide bonds. The van der Waals surface area contributed by atoms with Crippen LogP contribution in [-0.4, -0.2) is 40.7 Å². The molecule has 1 aliphatic heterocycles. The molecule has 0 radical (unpaired) electrons. The molecule has 1 heterocycles. The van der Waals surface area contributed by atoms with Crippen molar-refractivity contribution in [2.75, 3.05) is 7.11 Å². The number of esters is 1. The van der Waals surface area contributed by atoms with E-state index >= 15 is 0 Å². The van der Waals surface area contributed by atoms with Crippen LogP contribution in [-0.2, 0) is 28.2 Å². The van der Waals surface area contributed by atoms with Gasteiger partial charge in [0.05, 0.1) is 19.2 Å². The number of nitrogens with zero attached hydrogens (tertiary/aromatic N) is 2. The first kappa shape index (κ1) is 25.7. The van der Waals surface area contributed by atoms with E-state index in [4.69, 9.17) is 15.9 Å². The van der Waals surface area contributed by atoms with Crippen LogP contribution < -0.4 is 5.73 Å². The predicted molar refractivity (Wildman–Crippen MR) is 148 cm³/mol. The van der Waals surface area contributed by atoms with Crippen molar-refractivity contribution in [2.24, 2.45) is 5.73 Å². The Morgan fingerprint density at radius 2 is 1.51 bits per heavy atom. The molecule has 1 aliphatic rings. The third-order valence-corrected chi connectivity index (χ3v) is 7.27. The molecule has 1 saturated heterocycles. The molecule has 0 saturated carbocycles. The van der Waals surface area contributed by atoms with Crippen molar-refractivity contribution in [3.8, 4) is 0 Å². The molecule has 0 bridgehead atoms. The molecule has 0 spiro atoms. The summed E-state index contributed by atoms with van der Waals surface area (Å²) >= 11 is 0. The molecule has 1 unspecified atom stereocenters. The highest BCUT2D eigenvalue weighted by Crippen LogP contribution is 2.39. The number of nitrogens with one attached hydrogen (secondary N) is 1. The van der Waals surface area contributed by atoms with Crippen molar-refractivity contribution >= 4 is 34.5 Å². The molecule has 39 heavy (non-hydrogen) atoms. The quantitative estimate of drug-likeness (QED) is 0.157. The second kappa shape index (κ2) is 10.1. The highest BCUT2D eigenvalue weighted by Gasteiger charge is 2.55. The van der Waals surface area contributed by atoms with E-state index in [1.165, 1.54) is 12.0 Å². The van der Waals surface area contributed by atoms with Gasteiger partial charge in [0.2, 0.25) is 0 Å². The van der Waals surface area contributed by atoms with E-state index in [1.807, 2.05) is 60.7 Å². The van der Waals surface area contributed by atoms with Crippen LogP contribution in [0.15, 0.2) is 91.0 Å². The van der Waals surface area contributed by atoms with Gasteiger partial charge in [-0.05, 0) is 58.7 Å². The monoisotopic (exact) mass is 520 g/mol. The summed E-state index contributed by atoms with van der Waals surface area (Å²) in [5.41, 5.74) is 7.59. The van der Waals surface area contributed by atoms with Crippen molar-refractivity contribution in [2.45, 2.75) is 25.6 Å². The van der Waals surface area contributed by atoms with Crippen LogP contribution in [0.2, 0.25) is 0 Å². The Hall–Kier alpha value is -4.98. The van der Waals surface area contributed by atoms with Gasteiger partial charge in [-0.1, -0.05) is 66.7 Å². The van der Waals surface area contributed by atoms with Gasteiger partial charge >= 0.3 is 12.0 Å². The Balaban J connectivity index is 1.53. The number of fused-ring (bicyclic) bond motifs is 1. The molecule has 1 fully saturated rings. The largest absolute Gasteiger partial charge is 0.465 e. The zero-order chi connectivity index (χ0) is 27.7. The Labute approximate surface area is 226 Å². The summed E-state index contributed by atoms with van der Waals surface area (Å²) in [6.07, 6.45) is 0. The van der Waals surface area contributed by atoms with Gasteiger partial charge in [0.15, 0.2) is 0 Å². The number of methoxy groups -OCH3 is 1. The van der Waals surface area contributed by atoms with E-state index < -0.39 is 17.5 Å². The molecule has 5 rings (SSSR count). The summed E-state index contributed by atoms with van der Waals surface area (Å²) in [7, 11) is 1.31. The lowest BCUT2D eigenvalue weighted by Crippen LogP contribution is -2.44. The summed E-state index contributed by atoms with van der Waals surface area (Å²) < 4.78 is 4.80. The summed E-state index contributed by atoms with van der Waals surface area (Å²) in [6, 6.07) is 26.9. The van der Waals surface area contributed by atoms with E-state index in [0.29, 0.717) is 16.7 Å². The van der Waals surface area contributed by atoms with E-state index in [2.05, 4.69) is 0 Å². The molecule has 4 aromatic rings. The van der Waals surface area contributed by atoms with Crippen molar-refractivity contribution < 1.29 is 19.1 Å². The fourth-order valence-corrected chi connectivity index (χ4v) is 5.01. The first-order chi connectivity index (χ1) is 18.7. The maximum atomic E-state index is 14.1. The second-order valence-electron chi connectivity index (χ2n) is 9.70. The van der Waals surface area contributed by atoms with E-state index in [1.54, 1.807) is 42.2 Å². The van der Waals surface area contributed by atoms with E-state index in [0.717, 1.165) is 21.9 Å². The fraction of sp³-hybridized carbons (Fsp3) is 0.161. The molecule has 196 valence electrons. The number of amides is 3. The Bertz CT molecular complexity index is 1600. The molecule has 0 aromatic heterocycles. The molecule has 8 heteroatoms. The maximum Gasteiger partial charge on any atom is 0.337 e. The molecule has 0 aliphatic carbocycles. The summed E-state index contributed by atoms with van der Waals surface area (Å²) in [5, 5.41) is 9.56. The van der Waals surface area contributed by atoms with Crippen LogP contribution in [0.25, 0.3) is 10.8 Å². The number of carbonyl (C=O) groups is 3. The lowest BCUT2D eigenvalue weighted by Gasteiger charge is -2.32. The molecular weight excluding hydrogens is 492 g/mol. The zero-order valence-electron chi connectivity index (χ0n) is 21.7. The number of ether oxygens (including phenoxy) is 1. The van der Waals surface area contributed by atoms with Gasteiger partial charge in [0, 0.05) is 12.1 Å². The summed E-state index contributed by atoms with van der Waals surface area (Å²) in [4.78, 5) is 42.7. The van der Waals surface area contributed by atoms with Crippen LogP contribution in [0.1, 0.15) is 39.5 Å². The van der Waals surface area contributed by atoms with Crippen LogP contribution >= 0.6 is 0 Å². The number of carbonyl (C=O) groups excluding carboxylic acids is 3. The standard InChI is InChI=1S/C31H28N4O4/c1-31(26-14-12-23(13-15-26)28(36)39-2)29(37)34(30(38)35(31)19-20-6-4-3-5-7-20)18-21-8-9-22-10-11-24(27(32)33)17-25(22)16-21/h3-17H,18-19H2,1-2H3,(H3,32,33). The van der Waals surface area contributed by atoms with Crippen LogP contribution in [0.3, 0.4) is 0 Å². The normalized spacial score (nSPS) is 17.1. The lowest BCUT2D eigenvalue weighted by molar-refractivity contribution is -0.133. The predicted octanol–water partition coefficient (Wildman–Crippen LogP) is 4.79. The lowest BCUT2D eigenvalue weighted by atomic mass is 9.89. The first-order valence-electron chi connectivity index (χ1n) is 12.5. The van der Waals surface area contributed by atoms with Gasteiger partial charge in [-0.2, -0.15) is 0 Å². The highest BCUT2D eigenvalue weighted by atomic mass is 16.5. The van der Waals surface area contributed by atoms with Crippen molar-refractivity contribution in [1.82, 2.24) is 9.80 Å². The van der Waals surface area contributed by atoms with Crippen LogP contribution in [0, 0.1) is 5.41 Å². The van der Waals surface area contributed by atoms with Crippen LogP contribution in [0.4, 0.5) is 4.79 Å². The number of rotatable bonds is 7. The second-order valence-corrected chi connectivity index (χ2v) is 9.70. The topological polar surface area (TPSA) is 117 Å². The van der Waals surface area contributed by atoms with Gasteiger partial charge < -0.3 is 15.4 Å². The Morgan fingerprint density at radius 1 is 0.846 bits per heavy atom. The average molecular weight is 521 g/mol. The minimum atomic E-state index is -1.29. The number of imide groups is 1. The number of hydrogen-bond acceptors (Lipinski definition) is 5. The number of nitrogen functional groups attached to an aromatic ring is 1. The molecular formula is C31H28N4O4. The van der Waals surface area contributed by atoms with Gasteiger partial charge in [-0.3, -0.25) is 15.1 Å². The molecule has 1 atom stereocenters. The zero-order valence-corrected chi connectivity index (χ0v) is 21.7. The molecule has 8 nitrogen and oxygen atoms in total. The van der Waals surface area contributed by atoms with Gasteiger partial charge in [0.1, 0.15) is 11.4 Å². The molecule has 3 N–H and O–H groups in total. The number of nitrogens with two attached hydrogens (primary N) is 1. The van der Waals surface area contributed by atoms with Crippen molar-refractivity contribution in [1.29, 1.82) is 5.41 Å². The average Bonchev–Trinajstić information content (AvgIpc) is 3.13. The minimum absolute atomic E-state index is 0.0299. The third-order valence-electron chi connectivity index (χ3n) is 7.27. The molecule has 4 aromatic carbocycles. The Morgan fingerprint density at radius 3 is 2.18 bits per heavy atom. The fourth-order valence-electron chi connectivity index (χ4n) is 5.01. The summed E-state index contributed by atoms with van der Waals surface area (Å²) in [5.74, 6) is -0.864. The number of hydrogen-bond donors (Lipinski definition) is 2. The summed E-state index contributed by atoms with van der Waals surface area (Å²) in [6.45, 7) is 2.05. The smallest absolute Gasteiger partial charge is 0.337 e. The SMILES string of the molecule is COC(=O)c1ccc(C2(C)C(=O)N(Cc3ccc4ccc(C(=N)N)cc4c3)C(=O)N2Cc2ccccc2)cc1. The van der Waals surface area contributed by atoms with Gasteiger partial charge in [0.25, 0.3) is 5.91 Å². The van der Waals surface area contributed by atoms with E-state index in [-0.39, 0.29) is 24.8 Å². The number of urea groups is 1. The Kier molecular flexibility index (Phi) is 6.62. The number of benzene rings is 4. The minimum Gasteiger partial charge on any atom is -0.465 e. The highest BCUT2D eigenvalue weighted by molar-refractivity contribution is 6.07. The van der Waals surface area contributed by atoms with E-state index in [9.17, 15) is 14.4 Å². The van der Waals surface area contributed by atoms with Gasteiger partial charge in [-0.25, -0.2) is 9.59 Å². The van der Waals surface area contributed by atoms with Gasteiger partial charge in [-0.15, -0.1) is 0 Å². The first-order valence-corrected chi connectivity index (χ1v) is 12.5. The maximum absolute atomic E-state index is 14.1.